The minimum Gasteiger partial charge on any atom is -0.445 e. The van der Waals surface area contributed by atoms with Crippen LogP contribution in [0.5, 0.6) is 0 Å². The molecule has 1 aromatic carbocycles. The molecule has 0 radical (unpaired) electrons. The number of anilines is 2. The second-order valence-electron chi connectivity index (χ2n) is 8.42. The van der Waals surface area contributed by atoms with Crippen LogP contribution in [-0.2, 0) is 14.8 Å². The van der Waals surface area contributed by atoms with Crippen molar-refractivity contribution in [3.8, 4) is 22.6 Å². The Labute approximate surface area is 212 Å². The highest BCUT2D eigenvalue weighted by Gasteiger charge is 2.30. The monoisotopic (exact) mass is 537 g/mol. The van der Waals surface area contributed by atoms with Gasteiger partial charge in [0.25, 0.3) is 0 Å². The number of H-pyrrole nitrogens is 1. The Hall–Kier alpha value is -3.45. The molecule has 0 saturated heterocycles. The number of aromatic nitrogens is 4. The molecule has 1 amide bonds. The van der Waals surface area contributed by atoms with Gasteiger partial charge in [-0.15, -0.1) is 0 Å². The largest absolute Gasteiger partial charge is 0.445 e. The number of halogens is 2. The maximum atomic E-state index is 15.5. The zero-order valence-corrected chi connectivity index (χ0v) is 21.3. The van der Waals surface area contributed by atoms with Gasteiger partial charge in [-0.2, -0.15) is 0 Å². The number of aromatic amines is 1. The molecule has 4 rings (SSSR count). The van der Waals surface area contributed by atoms with Gasteiger partial charge in [0.05, 0.1) is 29.9 Å². The normalized spacial score (nSPS) is 14.2. The van der Waals surface area contributed by atoms with E-state index in [1.54, 1.807) is 13.0 Å². The number of nitrogens with one attached hydrogen (secondary N) is 4. The fourth-order valence-electron chi connectivity index (χ4n) is 3.46. The third kappa shape index (κ3) is 6.21. The van der Waals surface area contributed by atoms with Crippen molar-refractivity contribution in [2.75, 3.05) is 29.9 Å². The number of imidazole rings is 1. The number of amides is 1. The summed E-state index contributed by atoms with van der Waals surface area (Å²) in [6.07, 6.45) is 3.34. The molecule has 0 aliphatic heterocycles. The molecule has 4 N–H and O–H groups in total. The van der Waals surface area contributed by atoms with Crippen molar-refractivity contribution in [1.82, 2.24) is 25.3 Å². The SMILES string of the molecule is CNC(=O)OC(C)CNc1nccc(-c2[nH]c(C3CC3)nc2-c2cc(Cl)cc(NS(C)(=O)=O)c2F)n1. The van der Waals surface area contributed by atoms with Crippen molar-refractivity contribution in [2.24, 2.45) is 0 Å². The van der Waals surface area contributed by atoms with Gasteiger partial charge in [-0.05, 0) is 38.0 Å². The summed E-state index contributed by atoms with van der Waals surface area (Å²) < 4.78 is 46.2. The predicted molar refractivity (Wildman–Crippen MR) is 134 cm³/mol. The van der Waals surface area contributed by atoms with Gasteiger partial charge in [0.1, 0.15) is 17.6 Å². The Kier molecular flexibility index (Phi) is 7.31. The summed E-state index contributed by atoms with van der Waals surface area (Å²) in [5.41, 5.74) is 0.848. The van der Waals surface area contributed by atoms with Crippen LogP contribution in [0.1, 0.15) is 31.5 Å². The van der Waals surface area contributed by atoms with Crippen LogP contribution in [0.2, 0.25) is 5.02 Å². The summed E-state index contributed by atoms with van der Waals surface area (Å²) in [4.78, 5) is 28.0. The molecule has 1 aliphatic carbocycles. The summed E-state index contributed by atoms with van der Waals surface area (Å²) in [5.74, 6) is 0.347. The topological polar surface area (TPSA) is 151 Å². The van der Waals surface area contributed by atoms with Gasteiger partial charge >= 0.3 is 6.09 Å². The lowest BCUT2D eigenvalue weighted by molar-refractivity contribution is 0.114. The first-order valence-corrected chi connectivity index (χ1v) is 13.3. The molecule has 11 nitrogen and oxygen atoms in total. The molecule has 1 saturated carbocycles. The van der Waals surface area contributed by atoms with Gasteiger partial charge in [-0.3, -0.25) is 4.72 Å². The first-order chi connectivity index (χ1) is 17.0. The molecule has 1 fully saturated rings. The van der Waals surface area contributed by atoms with Crippen molar-refractivity contribution in [1.29, 1.82) is 0 Å². The van der Waals surface area contributed by atoms with Crippen LogP contribution < -0.4 is 15.4 Å². The number of hydrogen-bond donors (Lipinski definition) is 4. The van der Waals surface area contributed by atoms with E-state index in [0.717, 1.165) is 19.1 Å². The summed E-state index contributed by atoms with van der Waals surface area (Å²) in [6, 6.07) is 4.23. The Morgan fingerprint density at radius 3 is 2.75 bits per heavy atom. The van der Waals surface area contributed by atoms with E-state index in [1.165, 1.54) is 25.4 Å². The lowest BCUT2D eigenvalue weighted by Crippen LogP contribution is -2.29. The molecule has 36 heavy (non-hydrogen) atoms. The van der Waals surface area contributed by atoms with E-state index in [0.29, 0.717) is 17.2 Å². The van der Waals surface area contributed by atoms with E-state index in [2.05, 4.69) is 35.3 Å². The zero-order chi connectivity index (χ0) is 26.0. The lowest BCUT2D eigenvalue weighted by Gasteiger charge is -2.14. The molecule has 1 atom stereocenters. The minimum atomic E-state index is -3.75. The van der Waals surface area contributed by atoms with Crippen LogP contribution in [0.3, 0.4) is 0 Å². The molecule has 14 heteroatoms. The van der Waals surface area contributed by atoms with Crippen molar-refractivity contribution < 1.29 is 22.3 Å². The lowest BCUT2D eigenvalue weighted by atomic mass is 10.1. The number of rotatable bonds is 9. The third-order valence-electron chi connectivity index (χ3n) is 5.25. The molecule has 2 heterocycles. The van der Waals surface area contributed by atoms with Crippen molar-refractivity contribution >= 4 is 39.4 Å². The zero-order valence-electron chi connectivity index (χ0n) is 19.7. The number of benzene rings is 1. The maximum Gasteiger partial charge on any atom is 0.407 e. The Bertz CT molecular complexity index is 1400. The number of hydrogen-bond acceptors (Lipinski definition) is 8. The quantitative estimate of drug-likeness (QED) is 0.322. The van der Waals surface area contributed by atoms with Crippen molar-refractivity contribution in [3.05, 3.63) is 41.1 Å². The van der Waals surface area contributed by atoms with Gasteiger partial charge in [-0.1, -0.05) is 11.6 Å². The van der Waals surface area contributed by atoms with Crippen LogP contribution in [0.25, 0.3) is 22.6 Å². The Morgan fingerprint density at radius 1 is 1.33 bits per heavy atom. The van der Waals surface area contributed by atoms with E-state index >= 15 is 4.39 Å². The first-order valence-electron chi connectivity index (χ1n) is 11.1. The molecule has 3 aromatic rings. The van der Waals surface area contributed by atoms with Crippen LogP contribution in [0.15, 0.2) is 24.4 Å². The first kappa shape index (κ1) is 25.6. The highest BCUT2D eigenvalue weighted by Crippen LogP contribution is 2.43. The second-order valence-corrected chi connectivity index (χ2v) is 10.6. The summed E-state index contributed by atoms with van der Waals surface area (Å²) in [7, 11) is -2.28. The molecular formula is C22H25ClFN7O4S. The Balaban J connectivity index is 1.70. The third-order valence-corrected chi connectivity index (χ3v) is 6.05. The molecular weight excluding hydrogens is 513 g/mol. The summed E-state index contributed by atoms with van der Waals surface area (Å²) >= 11 is 6.21. The molecule has 2 aromatic heterocycles. The van der Waals surface area contributed by atoms with Crippen LogP contribution >= 0.6 is 11.6 Å². The number of nitrogens with zero attached hydrogens (tertiary/aromatic N) is 3. The summed E-state index contributed by atoms with van der Waals surface area (Å²) in [5, 5.41) is 5.52. The number of carbonyl (C=O) groups excluding carboxylic acids is 1. The average Bonchev–Trinajstić information content (AvgIpc) is 3.57. The molecule has 0 spiro atoms. The average molecular weight is 538 g/mol. The molecule has 0 bridgehead atoms. The van der Waals surface area contributed by atoms with Gasteiger partial charge in [0, 0.05) is 29.7 Å². The van der Waals surface area contributed by atoms with Crippen LogP contribution in [-0.4, -0.2) is 60.4 Å². The van der Waals surface area contributed by atoms with Crippen molar-refractivity contribution in [3.63, 3.8) is 0 Å². The van der Waals surface area contributed by atoms with E-state index in [-0.39, 0.29) is 40.4 Å². The fourth-order valence-corrected chi connectivity index (χ4v) is 4.23. The Morgan fingerprint density at radius 2 is 2.08 bits per heavy atom. The summed E-state index contributed by atoms with van der Waals surface area (Å²) in [6.45, 7) is 1.97. The highest BCUT2D eigenvalue weighted by molar-refractivity contribution is 7.92. The van der Waals surface area contributed by atoms with Gasteiger partial charge < -0.3 is 20.4 Å². The van der Waals surface area contributed by atoms with Crippen molar-refractivity contribution in [2.45, 2.75) is 31.8 Å². The number of ether oxygens (including phenoxy) is 1. The minimum absolute atomic E-state index is 0.0209. The molecule has 1 unspecified atom stereocenters. The smallest absolute Gasteiger partial charge is 0.407 e. The van der Waals surface area contributed by atoms with Crippen LogP contribution in [0.4, 0.5) is 20.8 Å². The van der Waals surface area contributed by atoms with E-state index in [1.807, 2.05) is 0 Å². The van der Waals surface area contributed by atoms with E-state index in [9.17, 15) is 13.2 Å². The van der Waals surface area contributed by atoms with Gasteiger partial charge in [-0.25, -0.2) is 32.6 Å². The van der Waals surface area contributed by atoms with E-state index < -0.39 is 28.0 Å². The van der Waals surface area contributed by atoms with Crippen LogP contribution in [0, 0.1) is 5.82 Å². The predicted octanol–water partition coefficient (Wildman–Crippen LogP) is 3.73. The fraction of sp³-hybridized carbons (Fsp3) is 0.364. The number of sulfonamides is 1. The maximum absolute atomic E-state index is 15.5. The van der Waals surface area contributed by atoms with Gasteiger partial charge in [0.2, 0.25) is 16.0 Å². The standard InChI is InChI=1S/C22H25ClFN7O4S/c1-11(35-22(32)25-2)10-27-21-26-7-6-15(28-21)19-18(29-20(30-19)12-4-5-12)14-8-13(23)9-16(17(14)24)31-36(3,33)34/h6-9,11-12,31H,4-5,10H2,1-3H3,(H,25,32)(H,29,30)(H,26,27,28). The number of alkyl carbamates (subject to hydrolysis) is 1. The molecule has 192 valence electrons. The van der Waals surface area contributed by atoms with Gasteiger partial charge in [0.15, 0.2) is 5.82 Å². The number of carbonyl (C=O) groups is 1. The molecule has 1 aliphatic rings. The second kappa shape index (κ2) is 10.3. The highest BCUT2D eigenvalue weighted by atomic mass is 35.5. The van der Waals surface area contributed by atoms with E-state index in [4.69, 9.17) is 16.3 Å².